The topological polar surface area (TPSA) is 93.5 Å². The molecule has 0 atom stereocenters. The molecule has 19 heavy (non-hydrogen) atoms. The van der Waals surface area contributed by atoms with E-state index in [1.54, 1.807) is 0 Å². The van der Waals surface area contributed by atoms with Crippen molar-refractivity contribution in [2.45, 2.75) is 0 Å². The first-order chi connectivity index (χ1) is 9.08. The van der Waals surface area contributed by atoms with Crippen molar-refractivity contribution in [2.75, 3.05) is 13.1 Å². The Morgan fingerprint density at radius 1 is 1.26 bits per heavy atom. The Balaban J connectivity index is 2.19. The van der Waals surface area contributed by atoms with Crippen LogP contribution in [0.5, 0.6) is 5.75 Å². The van der Waals surface area contributed by atoms with Crippen LogP contribution in [-0.2, 0) is 4.79 Å². The van der Waals surface area contributed by atoms with Crippen molar-refractivity contribution in [3.8, 4) is 5.75 Å². The molecule has 8 heteroatoms. The van der Waals surface area contributed by atoms with Gasteiger partial charge in [0.05, 0.1) is 4.92 Å². The van der Waals surface area contributed by atoms with Gasteiger partial charge >= 0.3 is 11.7 Å². The molecule has 0 unspecified atom stereocenters. The number of hydrogen-bond acceptors (Lipinski definition) is 6. The summed E-state index contributed by atoms with van der Waals surface area (Å²) in [5.74, 6) is -0.777. The van der Waals surface area contributed by atoms with Crippen LogP contribution in [0.1, 0.15) is 0 Å². The van der Waals surface area contributed by atoms with Crippen LogP contribution in [0.3, 0.4) is 0 Å². The highest BCUT2D eigenvalue weighted by atomic mass is 35.5. The molecule has 1 heterocycles. The molecule has 2 N–H and O–H groups in total. The molecule has 0 amide bonds. The predicted octanol–water partition coefficient (Wildman–Crippen LogP) is 0.884. The van der Waals surface area contributed by atoms with Crippen molar-refractivity contribution < 1.29 is 14.5 Å². The molecule has 0 saturated carbocycles. The van der Waals surface area contributed by atoms with E-state index in [9.17, 15) is 14.9 Å². The lowest BCUT2D eigenvalue weighted by molar-refractivity contribution is -0.422. The lowest BCUT2D eigenvalue weighted by atomic mass is 10.3. The third-order valence-corrected chi connectivity index (χ3v) is 2.62. The molecule has 0 aromatic heterocycles. The monoisotopic (exact) mass is 283 g/mol. The molecular weight excluding hydrogens is 274 g/mol. The highest BCUT2D eigenvalue weighted by molar-refractivity contribution is 6.30. The van der Waals surface area contributed by atoms with E-state index in [-0.39, 0.29) is 11.6 Å². The highest BCUT2D eigenvalue weighted by Crippen LogP contribution is 2.17. The Morgan fingerprint density at radius 2 is 1.84 bits per heavy atom. The number of nitro groups is 1. The fourth-order valence-corrected chi connectivity index (χ4v) is 1.66. The number of ether oxygens (including phenoxy) is 1. The Bertz CT molecular complexity index is 533. The number of nitrogens with one attached hydrogen (secondary N) is 2. The first-order valence-corrected chi connectivity index (χ1v) is 5.80. The minimum atomic E-state index is -1.04. The molecule has 0 radical (unpaired) electrons. The van der Waals surface area contributed by atoms with Crippen LogP contribution in [0.4, 0.5) is 0 Å². The zero-order valence-electron chi connectivity index (χ0n) is 9.68. The number of carbonyl (C=O) groups is 1. The van der Waals surface area contributed by atoms with Crippen molar-refractivity contribution in [3.05, 3.63) is 50.9 Å². The molecule has 2 rings (SSSR count). The Labute approximate surface area is 113 Å². The largest absolute Gasteiger partial charge is 0.419 e. The van der Waals surface area contributed by atoms with Crippen LogP contribution >= 0.6 is 11.6 Å². The number of halogens is 1. The van der Waals surface area contributed by atoms with Gasteiger partial charge in [-0.25, -0.2) is 4.79 Å². The Kier molecular flexibility index (Phi) is 3.86. The first-order valence-electron chi connectivity index (χ1n) is 5.42. The Morgan fingerprint density at radius 3 is 2.37 bits per heavy atom. The number of hydrogen-bond donors (Lipinski definition) is 2. The van der Waals surface area contributed by atoms with Gasteiger partial charge in [-0.05, 0) is 24.3 Å². The summed E-state index contributed by atoms with van der Waals surface area (Å²) in [5, 5.41) is 16.8. The molecule has 1 aliphatic rings. The summed E-state index contributed by atoms with van der Waals surface area (Å²) in [6.07, 6.45) is 0. The molecule has 1 saturated heterocycles. The van der Waals surface area contributed by atoms with Gasteiger partial charge in [0.2, 0.25) is 0 Å². The summed E-state index contributed by atoms with van der Waals surface area (Å²) >= 11 is 5.69. The van der Waals surface area contributed by atoms with E-state index in [0.29, 0.717) is 18.1 Å². The second kappa shape index (κ2) is 5.57. The fraction of sp³-hybridized carbons (Fsp3) is 0.182. The summed E-state index contributed by atoms with van der Waals surface area (Å²) in [5.41, 5.74) is -0.646. The standard InChI is InChI=1S/C11H10ClN3O4/c12-7-1-3-8(4-2-7)19-11(16)9(15(17)18)10-13-5-6-14-10/h1-4,13-14H,5-6H2. The molecule has 1 aromatic rings. The average molecular weight is 284 g/mol. The maximum Gasteiger partial charge on any atom is 0.419 e. The zero-order chi connectivity index (χ0) is 13.8. The number of esters is 1. The summed E-state index contributed by atoms with van der Waals surface area (Å²) in [4.78, 5) is 21.9. The minimum Gasteiger partial charge on any atom is -0.418 e. The van der Waals surface area contributed by atoms with Gasteiger partial charge in [0.15, 0.2) is 5.82 Å². The molecule has 1 fully saturated rings. The molecule has 1 aliphatic heterocycles. The molecule has 0 spiro atoms. The van der Waals surface area contributed by atoms with E-state index in [2.05, 4.69) is 10.6 Å². The van der Waals surface area contributed by atoms with Gasteiger partial charge in [-0.15, -0.1) is 0 Å². The molecule has 100 valence electrons. The van der Waals surface area contributed by atoms with Crippen LogP contribution in [-0.4, -0.2) is 24.0 Å². The van der Waals surface area contributed by atoms with E-state index >= 15 is 0 Å². The van der Waals surface area contributed by atoms with Crippen molar-refractivity contribution in [1.29, 1.82) is 0 Å². The maximum absolute atomic E-state index is 11.8. The number of carbonyl (C=O) groups excluding carboxylic acids is 1. The van der Waals surface area contributed by atoms with Crippen molar-refractivity contribution in [1.82, 2.24) is 10.6 Å². The quantitative estimate of drug-likeness (QED) is 0.281. The Hall–Kier alpha value is -2.28. The van der Waals surface area contributed by atoms with Crippen molar-refractivity contribution >= 4 is 17.6 Å². The number of benzene rings is 1. The smallest absolute Gasteiger partial charge is 0.418 e. The normalized spacial score (nSPS) is 13.4. The highest BCUT2D eigenvalue weighted by Gasteiger charge is 2.31. The summed E-state index contributed by atoms with van der Waals surface area (Å²) in [6, 6.07) is 5.96. The van der Waals surface area contributed by atoms with Gasteiger partial charge in [-0.1, -0.05) is 11.6 Å². The minimum absolute atomic E-state index is 0.0731. The third-order valence-electron chi connectivity index (χ3n) is 2.37. The van der Waals surface area contributed by atoms with Crippen LogP contribution < -0.4 is 15.4 Å². The van der Waals surface area contributed by atoms with Gasteiger partial charge in [0, 0.05) is 18.1 Å². The number of rotatable bonds is 3. The fourth-order valence-electron chi connectivity index (χ4n) is 1.53. The van der Waals surface area contributed by atoms with E-state index in [1.165, 1.54) is 24.3 Å². The molecule has 7 nitrogen and oxygen atoms in total. The van der Waals surface area contributed by atoms with Gasteiger partial charge in [0.25, 0.3) is 0 Å². The predicted molar refractivity (Wildman–Crippen MR) is 67.1 cm³/mol. The average Bonchev–Trinajstić information content (AvgIpc) is 2.85. The SMILES string of the molecule is O=C(Oc1ccc(Cl)cc1)C(=C1NCCN1)[N+](=O)[O-]. The summed E-state index contributed by atoms with van der Waals surface area (Å²) in [6.45, 7) is 1.03. The lowest BCUT2D eigenvalue weighted by Crippen LogP contribution is -2.26. The summed E-state index contributed by atoms with van der Waals surface area (Å²) in [7, 11) is 0. The zero-order valence-corrected chi connectivity index (χ0v) is 10.4. The third kappa shape index (κ3) is 3.14. The maximum atomic E-state index is 11.8. The van der Waals surface area contributed by atoms with Crippen LogP contribution in [0.2, 0.25) is 5.02 Å². The lowest BCUT2D eigenvalue weighted by Gasteiger charge is -2.05. The first kappa shape index (κ1) is 13.2. The van der Waals surface area contributed by atoms with E-state index in [0.717, 1.165) is 0 Å². The van der Waals surface area contributed by atoms with E-state index in [4.69, 9.17) is 16.3 Å². The van der Waals surface area contributed by atoms with Crippen LogP contribution in [0.15, 0.2) is 35.8 Å². The van der Waals surface area contributed by atoms with Crippen molar-refractivity contribution in [2.24, 2.45) is 0 Å². The number of nitrogens with zero attached hydrogens (tertiary/aromatic N) is 1. The molecule has 1 aromatic carbocycles. The molecule has 0 bridgehead atoms. The van der Waals surface area contributed by atoms with Gasteiger partial charge < -0.3 is 15.4 Å². The second-order valence-corrected chi connectivity index (χ2v) is 4.11. The molecular formula is C11H10ClN3O4. The summed E-state index contributed by atoms with van der Waals surface area (Å²) < 4.78 is 4.93. The van der Waals surface area contributed by atoms with Crippen LogP contribution in [0.25, 0.3) is 0 Å². The second-order valence-electron chi connectivity index (χ2n) is 3.68. The van der Waals surface area contributed by atoms with Gasteiger partial charge in [0.1, 0.15) is 5.75 Å². The van der Waals surface area contributed by atoms with Gasteiger partial charge in [-0.2, -0.15) is 0 Å². The van der Waals surface area contributed by atoms with Crippen LogP contribution in [0, 0.1) is 10.1 Å². The molecule has 0 aliphatic carbocycles. The van der Waals surface area contributed by atoms with E-state index < -0.39 is 16.6 Å². The van der Waals surface area contributed by atoms with E-state index in [1.807, 2.05) is 0 Å². The van der Waals surface area contributed by atoms with Crippen molar-refractivity contribution in [3.63, 3.8) is 0 Å². The van der Waals surface area contributed by atoms with Gasteiger partial charge in [-0.3, -0.25) is 10.1 Å².